The number of carboxylic acids is 1. The normalized spacial score (nSPS) is 23.7. The number of aromatic nitrogens is 1. The number of anilines is 1. The molecule has 1 fully saturated rings. The van der Waals surface area contributed by atoms with Gasteiger partial charge in [-0.15, -0.1) is 11.3 Å². The highest BCUT2D eigenvalue weighted by Gasteiger charge is 2.51. The zero-order chi connectivity index (χ0) is 22.4. The second-order valence-electron chi connectivity index (χ2n) is 8.01. The highest BCUT2D eigenvalue weighted by atomic mass is 35.5. The van der Waals surface area contributed by atoms with Gasteiger partial charge in [0, 0.05) is 21.5 Å². The van der Waals surface area contributed by atoms with Crippen LogP contribution in [0.3, 0.4) is 0 Å². The van der Waals surface area contributed by atoms with Crippen LogP contribution in [0.1, 0.15) is 12.0 Å². The number of hydrogen-bond donors (Lipinski definition) is 2. The number of benzene rings is 2. The van der Waals surface area contributed by atoms with Crippen molar-refractivity contribution >= 4 is 74.1 Å². The van der Waals surface area contributed by atoms with E-state index in [0.717, 1.165) is 26.5 Å². The van der Waals surface area contributed by atoms with E-state index in [-0.39, 0.29) is 17.7 Å². The monoisotopic (exact) mass is 504 g/mol. The summed E-state index contributed by atoms with van der Waals surface area (Å²) in [5.74, 6) is -1.70. The Kier molecular flexibility index (Phi) is 5.92. The third kappa shape index (κ3) is 4.15. The Morgan fingerprint density at radius 2 is 1.91 bits per heavy atom. The molecule has 2 aromatic carbocycles. The molecule has 2 N–H and O–H groups in total. The molecule has 2 aliphatic rings. The first-order valence-electron chi connectivity index (χ1n) is 10.1. The number of nitrogens with zero attached hydrogens (tertiary/aromatic N) is 1. The lowest BCUT2D eigenvalue weighted by Gasteiger charge is -2.23. The fourth-order valence-corrected chi connectivity index (χ4v) is 7.23. The van der Waals surface area contributed by atoms with Gasteiger partial charge in [0.2, 0.25) is 5.91 Å². The van der Waals surface area contributed by atoms with E-state index in [4.69, 9.17) is 23.2 Å². The van der Waals surface area contributed by atoms with E-state index in [2.05, 4.69) is 10.3 Å². The Balaban J connectivity index is 1.29. The Labute approximate surface area is 202 Å². The molecule has 1 heterocycles. The minimum absolute atomic E-state index is 0.00377. The third-order valence-electron chi connectivity index (χ3n) is 6.05. The van der Waals surface area contributed by atoms with Gasteiger partial charge in [0.05, 0.1) is 22.1 Å². The molecule has 32 heavy (non-hydrogen) atoms. The molecule has 0 unspecified atom stereocenters. The number of amides is 1. The summed E-state index contributed by atoms with van der Waals surface area (Å²) in [5, 5.41) is 13.8. The molecular weight excluding hydrogens is 487 g/mol. The number of halogens is 2. The number of thiazole rings is 1. The number of rotatable bonds is 6. The van der Waals surface area contributed by atoms with E-state index in [9.17, 15) is 14.7 Å². The lowest BCUT2D eigenvalue weighted by molar-refractivity contribution is -0.146. The topological polar surface area (TPSA) is 79.3 Å². The Hall–Kier alpha value is -2.06. The first kappa shape index (κ1) is 21.8. The minimum atomic E-state index is -0.901. The second kappa shape index (κ2) is 8.71. The molecule has 164 valence electrons. The molecule has 0 saturated heterocycles. The van der Waals surface area contributed by atoms with Crippen molar-refractivity contribution in [2.24, 2.45) is 23.7 Å². The number of aliphatic carboxylic acids is 1. The fourth-order valence-electron chi connectivity index (χ4n) is 4.56. The molecular formula is C23H18Cl2N2O3S2. The van der Waals surface area contributed by atoms with Crippen LogP contribution in [-0.2, 0) is 15.3 Å². The van der Waals surface area contributed by atoms with Gasteiger partial charge in [0.25, 0.3) is 0 Å². The van der Waals surface area contributed by atoms with Gasteiger partial charge in [0.1, 0.15) is 0 Å². The van der Waals surface area contributed by atoms with Crippen LogP contribution in [0.25, 0.3) is 10.2 Å². The summed E-state index contributed by atoms with van der Waals surface area (Å²) in [5.41, 5.74) is 2.49. The van der Waals surface area contributed by atoms with Crippen molar-refractivity contribution in [1.29, 1.82) is 0 Å². The summed E-state index contributed by atoms with van der Waals surface area (Å²) in [6.45, 7) is 0. The standard InChI is InChI=1S/C23H18Cl2N2O3S2/c24-14-4-3-13(16(25)8-14)10-31-23-27-17-6-5-15(9-18(17)32-23)26-21(28)19-11-1-2-12(7-11)20(19)22(29)30/h1-6,8-9,11-12,19-20H,7,10H2,(H,26,28)(H,29,30)/t11-,12-,19+,20+/m0/s1. The van der Waals surface area contributed by atoms with Crippen molar-refractivity contribution in [3.8, 4) is 0 Å². The highest BCUT2D eigenvalue weighted by Crippen LogP contribution is 2.48. The molecule has 0 radical (unpaired) electrons. The molecule has 1 aromatic heterocycles. The van der Waals surface area contributed by atoms with Gasteiger partial charge >= 0.3 is 5.97 Å². The number of hydrogen-bond acceptors (Lipinski definition) is 5. The molecule has 1 saturated carbocycles. The molecule has 5 nitrogen and oxygen atoms in total. The molecule has 3 aromatic rings. The van der Waals surface area contributed by atoms with Crippen molar-refractivity contribution in [2.75, 3.05) is 5.32 Å². The number of carbonyl (C=O) groups excluding carboxylic acids is 1. The summed E-state index contributed by atoms with van der Waals surface area (Å²) in [6.07, 6.45) is 4.66. The van der Waals surface area contributed by atoms with Crippen LogP contribution in [0.15, 0.2) is 52.9 Å². The molecule has 1 amide bonds. The predicted molar refractivity (Wildman–Crippen MR) is 130 cm³/mol. The molecule has 0 spiro atoms. The van der Waals surface area contributed by atoms with Crippen LogP contribution in [0.5, 0.6) is 0 Å². The molecule has 0 aliphatic heterocycles. The van der Waals surface area contributed by atoms with Crippen molar-refractivity contribution in [1.82, 2.24) is 4.98 Å². The number of fused-ring (bicyclic) bond motifs is 3. The summed E-state index contributed by atoms with van der Waals surface area (Å²) in [6, 6.07) is 11.0. The van der Waals surface area contributed by atoms with E-state index >= 15 is 0 Å². The van der Waals surface area contributed by atoms with E-state index in [0.29, 0.717) is 21.5 Å². The van der Waals surface area contributed by atoms with Crippen molar-refractivity contribution < 1.29 is 14.7 Å². The van der Waals surface area contributed by atoms with Crippen LogP contribution in [0.2, 0.25) is 10.0 Å². The fraction of sp³-hybridized carbons (Fsp3) is 0.261. The highest BCUT2D eigenvalue weighted by molar-refractivity contribution is 8.00. The van der Waals surface area contributed by atoms with Crippen LogP contribution in [-0.4, -0.2) is 22.0 Å². The maximum atomic E-state index is 12.9. The van der Waals surface area contributed by atoms with Gasteiger partial charge < -0.3 is 10.4 Å². The number of thioether (sulfide) groups is 1. The van der Waals surface area contributed by atoms with Gasteiger partial charge in [-0.2, -0.15) is 0 Å². The van der Waals surface area contributed by atoms with Crippen LogP contribution < -0.4 is 5.32 Å². The first-order chi connectivity index (χ1) is 15.4. The number of allylic oxidation sites excluding steroid dienone is 2. The summed E-state index contributed by atoms with van der Waals surface area (Å²) >= 11 is 15.3. The molecule has 5 rings (SSSR count). The van der Waals surface area contributed by atoms with E-state index in [1.807, 2.05) is 42.5 Å². The zero-order valence-electron chi connectivity index (χ0n) is 16.6. The maximum absolute atomic E-state index is 12.9. The zero-order valence-corrected chi connectivity index (χ0v) is 19.8. The first-order valence-corrected chi connectivity index (χ1v) is 12.6. The molecule has 4 atom stereocenters. The van der Waals surface area contributed by atoms with E-state index in [1.165, 1.54) is 0 Å². The van der Waals surface area contributed by atoms with Crippen molar-refractivity contribution in [3.63, 3.8) is 0 Å². The van der Waals surface area contributed by atoms with Gasteiger partial charge in [0.15, 0.2) is 4.34 Å². The Bertz CT molecular complexity index is 1260. The van der Waals surface area contributed by atoms with E-state index in [1.54, 1.807) is 29.2 Å². The van der Waals surface area contributed by atoms with Gasteiger partial charge in [-0.25, -0.2) is 4.98 Å². The third-order valence-corrected chi connectivity index (χ3v) is 8.85. The van der Waals surface area contributed by atoms with Crippen molar-refractivity contribution in [2.45, 2.75) is 16.5 Å². The lowest BCUT2D eigenvalue weighted by atomic mass is 9.82. The van der Waals surface area contributed by atoms with Gasteiger partial charge in [-0.1, -0.05) is 53.2 Å². The number of carboxylic acid groups (broad SMARTS) is 1. The predicted octanol–water partition coefficient (Wildman–Crippen LogP) is 6.36. The van der Waals surface area contributed by atoms with Crippen molar-refractivity contribution in [3.05, 3.63) is 64.2 Å². The minimum Gasteiger partial charge on any atom is -0.481 e. The SMILES string of the molecule is O=C(O)[C@H]1[C@H](C(=O)Nc2ccc3nc(SCc4ccc(Cl)cc4Cl)sc3c2)[C@H]2C=C[C@H]1C2. The van der Waals surface area contributed by atoms with Gasteiger partial charge in [-0.3, -0.25) is 9.59 Å². The molecule has 2 bridgehead atoms. The van der Waals surface area contributed by atoms with Crippen LogP contribution >= 0.6 is 46.3 Å². The Morgan fingerprint density at radius 1 is 1.12 bits per heavy atom. The second-order valence-corrected chi connectivity index (χ2v) is 11.1. The molecule has 9 heteroatoms. The molecule has 2 aliphatic carbocycles. The average molecular weight is 505 g/mol. The van der Waals surface area contributed by atoms with Gasteiger partial charge in [-0.05, 0) is 54.2 Å². The van der Waals surface area contributed by atoms with Crippen LogP contribution in [0, 0.1) is 23.7 Å². The van der Waals surface area contributed by atoms with Crippen LogP contribution in [0.4, 0.5) is 5.69 Å². The number of carbonyl (C=O) groups is 2. The summed E-state index contributed by atoms with van der Waals surface area (Å²) in [4.78, 5) is 29.3. The lowest BCUT2D eigenvalue weighted by Crippen LogP contribution is -2.36. The summed E-state index contributed by atoms with van der Waals surface area (Å²) in [7, 11) is 0. The number of nitrogens with one attached hydrogen (secondary N) is 1. The maximum Gasteiger partial charge on any atom is 0.307 e. The largest absolute Gasteiger partial charge is 0.481 e. The summed E-state index contributed by atoms with van der Waals surface area (Å²) < 4.78 is 1.86. The average Bonchev–Trinajstić information content (AvgIpc) is 3.46. The smallest absolute Gasteiger partial charge is 0.307 e. The quantitative estimate of drug-likeness (QED) is 0.301. The van der Waals surface area contributed by atoms with E-state index < -0.39 is 17.8 Å². The Morgan fingerprint density at radius 3 is 2.66 bits per heavy atom.